The average molecular weight is 226 g/mol. The molecule has 1 saturated carbocycles. The molecule has 0 aliphatic heterocycles. The second-order valence-electron chi connectivity index (χ2n) is 4.49. The van der Waals surface area contributed by atoms with Gasteiger partial charge in [0.2, 0.25) is 0 Å². The summed E-state index contributed by atoms with van der Waals surface area (Å²) in [6.45, 7) is 2.62. The first-order chi connectivity index (χ1) is 7.75. The summed E-state index contributed by atoms with van der Waals surface area (Å²) in [6.07, 6.45) is 7.51. The minimum absolute atomic E-state index is 0.0739. The first-order valence-corrected chi connectivity index (χ1v) is 6.45. The van der Waals surface area contributed by atoms with Gasteiger partial charge in [-0.05, 0) is 19.3 Å². The van der Waals surface area contributed by atoms with E-state index in [1.165, 1.54) is 12.8 Å². The maximum absolute atomic E-state index is 11.6. The molecule has 0 spiro atoms. The summed E-state index contributed by atoms with van der Waals surface area (Å²) in [6, 6.07) is 0. The van der Waals surface area contributed by atoms with Crippen LogP contribution in [0.5, 0.6) is 0 Å². The lowest BCUT2D eigenvalue weighted by molar-refractivity contribution is -0.153. The molecule has 3 heteroatoms. The fraction of sp³-hybridized carbons (Fsp3) is 0.846. The third-order valence-electron chi connectivity index (χ3n) is 3.08. The Hall–Kier alpha value is -0.860. The van der Waals surface area contributed by atoms with Crippen molar-refractivity contribution in [1.29, 1.82) is 0 Å². The van der Waals surface area contributed by atoms with Crippen molar-refractivity contribution in [3.05, 3.63) is 0 Å². The van der Waals surface area contributed by atoms with Crippen LogP contribution < -0.4 is 0 Å². The molecule has 1 atom stereocenters. The van der Waals surface area contributed by atoms with Crippen LogP contribution in [0.4, 0.5) is 0 Å². The SMILES string of the molecule is CCCCCCOC(=O)C1CCCCC1=O. The zero-order valence-corrected chi connectivity index (χ0v) is 10.2. The van der Waals surface area contributed by atoms with Crippen LogP contribution in [0.2, 0.25) is 0 Å². The van der Waals surface area contributed by atoms with Crippen LogP contribution in [-0.4, -0.2) is 18.4 Å². The fourth-order valence-electron chi connectivity index (χ4n) is 2.03. The molecule has 0 amide bonds. The van der Waals surface area contributed by atoms with Crippen LogP contribution in [-0.2, 0) is 14.3 Å². The molecular weight excluding hydrogens is 204 g/mol. The molecule has 1 aliphatic rings. The molecule has 0 aromatic carbocycles. The standard InChI is InChI=1S/C13H22O3/c1-2-3-4-7-10-16-13(15)11-8-5-6-9-12(11)14/h11H,2-10H2,1H3. The lowest BCUT2D eigenvalue weighted by Gasteiger charge is -2.18. The normalized spacial score (nSPS) is 20.8. The summed E-state index contributed by atoms with van der Waals surface area (Å²) in [4.78, 5) is 23.1. The molecule has 1 aliphatic carbocycles. The van der Waals surface area contributed by atoms with Crippen molar-refractivity contribution in [3.63, 3.8) is 0 Å². The number of carbonyl (C=O) groups excluding carboxylic acids is 2. The first-order valence-electron chi connectivity index (χ1n) is 6.45. The quantitative estimate of drug-likeness (QED) is 0.397. The maximum Gasteiger partial charge on any atom is 0.316 e. The zero-order chi connectivity index (χ0) is 11.8. The van der Waals surface area contributed by atoms with Gasteiger partial charge in [0.1, 0.15) is 11.7 Å². The molecule has 1 rings (SSSR count). The molecule has 1 fully saturated rings. The zero-order valence-electron chi connectivity index (χ0n) is 10.2. The molecule has 0 aromatic rings. The summed E-state index contributed by atoms with van der Waals surface area (Å²) >= 11 is 0. The minimum Gasteiger partial charge on any atom is -0.465 e. The Morgan fingerprint density at radius 1 is 1.31 bits per heavy atom. The van der Waals surface area contributed by atoms with Crippen molar-refractivity contribution in [1.82, 2.24) is 0 Å². The molecule has 92 valence electrons. The Labute approximate surface area is 97.5 Å². The highest BCUT2D eigenvalue weighted by Gasteiger charge is 2.29. The molecule has 0 bridgehead atoms. The van der Waals surface area contributed by atoms with Gasteiger partial charge in [0.25, 0.3) is 0 Å². The maximum atomic E-state index is 11.6. The molecule has 0 radical (unpaired) electrons. The third-order valence-corrected chi connectivity index (χ3v) is 3.08. The number of hydrogen-bond acceptors (Lipinski definition) is 3. The van der Waals surface area contributed by atoms with Crippen molar-refractivity contribution in [3.8, 4) is 0 Å². The number of carbonyl (C=O) groups is 2. The predicted molar refractivity (Wildman–Crippen MR) is 62.1 cm³/mol. The van der Waals surface area contributed by atoms with Gasteiger partial charge in [-0.25, -0.2) is 0 Å². The Morgan fingerprint density at radius 3 is 2.81 bits per heavy atom. The van der Waals surface area contributed by atoms with Gasteiger partial charge in [0, 0.05) is 6.42 Å². The number of unbranched alkanes of at least 4 members (excludes halogenated alkanes) is 3. The van der Waals surface area contributed by atoms with Gasteiger partial charge < -0.3 is 4.74 Å². The number of ether oxygens (including phenoxy) is 1. The molecule has 0 N–H and O–H groups in total. The topological polar surface area (TPSA) is 43.4 Å². The highest BCUT2D eigenvalue weighted by molar-refractivity contribution is 5.99. The van der Waals surface area contributed by atoms with Crippen LogP contribution >= 0.6 is 0 Å². The third kappa shape index (κ3) is 4.33. The lowest BCUT2D eigenvalue weighted by atomic mass is 9.88. The van der Waals surface area contributed by atoms with E-state index in [1.54, 1.807) is 0 Å². The Balaban J connectivity index is 2.16. The Bertz CT molecular complexity index is 235. The van der Waals surface area contributed by atoms with Gasteiger partial charge in [-0.3, -0.25) is 9.59 Å². The smallest absolute Gasteiger partial charge is 0.316 e. The van der Waals surface area contributed by atoms with E-state index < -0.39 is 5.92 Å². The van der Waals surface area contributed by atoms with Gasteiger partial charge >= 0.3 is 5.97 Å². The van der Waals surface area contributed by atoms with Crippen molar-refractivity contribution in [2.45, 2.75) is 58.3 Å². The van der Waals surface area contributed by atoms with Gasteiger partial charge in [-0.2, -0.15) is 0 Å². The van der Waals surface area contributed by atoms with E-state index in [4.69, 9.17) is 4.74 Å². The molecule has 0 aromatic heterocycles. The summed E-state index contributed by atoms with van der Waals surface area (Å²) in [7, 11) is 0. The molecule has 0 saturated heterocycles. The van der Waals surface area contributed by atoms with Gasteiger partial charge in [0.05, 0.1) is 6.61 Å². The van der Waals surface area contributed by atoms with E-state index in [2.05, 4.69) is 6.92 Å². The van der Waals surface area contributed by atoms with Crippen LogP contribution in [0.15, 0.2) is 0 Å². The van der Waals surface area contributed by atoms with E-state index in [9.17, 15) is 9.59 Å². The molecule has 1 unspecified atom stereocenters. The molecule has 3 nitrogen and oxygen atoms in total. The van der Waals surface area contributed by atoms with E-state index in [-0.39, 0.29) is 11.8 Å². The van der Waals surface area contributed by atoms with E-state index >= 15 is 0 Å². The molecular formula is C13H22O3. The minimum atomic E-state index is -0.458. The highest BCUT2D eigenvalue weighted by Crippen LogP contribution is 2.21. The van der Waals surface area contributed by atoms with Crippen molar-refractivity contribution >= 4 is 11.8 Å². The second kappa shape index (κ2) is 7.42. The first kappa shape index (κ1) is 13.2. The van der Waals surface area contributed by atoms with E-state index in [0.29, 0.717) is 19.4 Å². The number of esters is 1. The fourth-order valence-corrected chi connectivity index (χ4v) is 2.03. The van der Waals surface area contributed by atoms with Crippen LogP contribution in [0.3, 0.4) is 0 Å². The number of hydrogen-bond donors (Lipinski definition) is 0. The second-order valence-corrected chi connectivity index (χ2v) is 4.49. The van der Waals surface area contributed by atoms with Crippen molar-refractivity contribution in [2.24, 2.45) is 5.92 Å². The summed E-state index contributed by atoms with van der Waals surface area (Å²) < 4.78 is 5.14. The summed E-state index contributed by atoms with van der Waals surface area (Å²) in [5.74, 6) is -0.675. The lowest BCUT2D eigenvalue weighted by Crippen LogP contribution is -2.29. The number of ketones is 1. The molecule has 0 heterocycles. The van der Waals surface area contributed by atoms with Crippen molar-refractivity contribution in [2.75, 3.05) is 6.61 Å². The largest absolute Gasteiger partial charge is 0.465 e. The Kier molecular flexibility index (Phi) is 6.12. The number of Topliss-reactive ketones (excluding diaryl/α,β-unsaturated/α-hetero) is 1. The highest BCUT2D eigenvalue weighted by atomic mass is 16.5. The van der Waals surface area contributed by atoms with Crippen LogP contribution in [0, 0.1) is 5.92 Å². The van der Waals surface area contributed by atoms with Gasteiger partial charge in [-0.15, -0.1) is 0 Å². The average Bonchev–Trinajstić information content (AvgIpc) is 2.29. The molecule has 16 heavy (non-hydrogen) atoms. The van der Waals surface area contributed by atoms with Crippen molar-refractivity contribution < 1.29 is 14.3 Å². The summed E-state index contributed by atoms with van der Waals surface area (Å²) in [5, 5.41) is 0. The van der Waals surface area contributed by atoms with Crippen LogP contribution in [0.1, 0.15) is 58.3 Å². The van der Waals surface area contributed by atoms with Gasteiger partial charge in [0.15, 0.2) is 0 Å². The summed E-state index contributed by atoms with van der Waals surface area (Å²) in [5.41, 5.74) is 0. The van der Waals surface area contributed by atoms with E-state index in [0.717, 1.165) is 25.7 Å². The monoisotopic (exact) mass is 226 g/mol. The van der Waals surface area contributed by atoms with Crippen LogP contribution in [0.25, 0.3) is 0 Å². The van der Waals surface area contributed by atoms with Gasteiger partial charge in [-0.1, -0.05) is 32.6 Å². The number of rotatable bonds is 6. The predicted octanol–water partition coefficient (Wildman–Crippen LogP) is 2.87. The Morgan fingerprint density at radius 2 is 2.12 bits per heavy atom. The van der Waals surface area contributed by atoms with E-state index in [1.807, 2.05) is 0 Å².